The number of nitrogens with zero attached hydrogens (tertiary/aromatic N) is 3. The molecule has 10 nitrogen and oxygen atoms in total. The van der Waals surface area contributed by atoms with Gasteiger partial charge >= 0.3 is 12.0 Å². The molecule has 3 N–H and O–H groups in total. The normalized spacial score (nSPS) is 13.4. The van der Waals surface area contributed by atoms with Gasteiger partial charge in [0.1, 0.15) is 0 Å². The summed E-state index contributed by atoms with van der Waals surface area (Å²) in [6.45, 7) is 4.15. The summed E-state index contributed by atoms with van der Waals surface area (Å²) in [7, 11) is 4.41. The van der Waals surface area contributed by atoms with Crippen molar-refractivity contribution in [2.24, 2.45) is 5.73 Å². The molecule has 0 unspecified atom stereocenters. The zero-order valence-corrected chi connectivity index (χ0v) is 24.5. The van der Waals surface area contributed by atoms with E-state index in [1.165, 1.54) is 20.4 Å². The van der Waals surface area contributed by atoms with Gasteiger partial charge in [0.25, 0.3) is 5.91 Å². The average molecular weight is 570 g/mol. The predicted octanol–water partition coefficient (Wildman–Crippen LogP) is 6.12. The first-order chi connectivity index (χ1) is 20.2. The Bertz CT molecular complexity index is 1660. The number of carbonyl (C=O) groups excluding carboxylic acids is 2. The highest BCUT2D eigenvalue weighted by Crippen LogP contribution is 2.41. The monoisotopic (exact) mass is 569 g/mol. The molecule has 10 heteroatoms. The van der Waals surface area contributed by atoms with Crippen molar-refractivity contribution in [1.82, 2.24) is 15.0 Å². The summed E-state index contributed by atoms with van der Waals surface area (Å²) in [5, 5.41) is 4.14. The van der Waals surface area contributed by atoms with Crippen LogP contribution in [0.25, 0.3) is 22.0 Å². The molecular formula is C32H35N5O5. The lowest BCUT2D eigenvalue weighted by molar-refractivity contribution is 0.0600. The Hall–Kier alpha value is -4.73. The number of aromatic nitrogens is 3. The van der Waals surface area contributed by atoms with Gasteiger partial charge in [0.15, 0.2) is 0 Å². The summed E-state index contributed by atoms with van der Waals surface area (Å²) in [4.78, 5) is 38.5. The van der Waals surface area contributed by atoms with Crippen molar-refractivity contribution in [3.8, 4) is 23.0 Å². The molecule has 1 amide bonds. The molecule has 2 aromatic carbocycles. The number of amides is 1. The van der Waals surface area contributed by atoms with Crippen molar-refractivity contribution in [3.63, 3.8) is 0 Å². The van der Waals surface area contributed by atoms with Gasteiger partial charge in [-0.25, -0.2) is 9.78 Å². The number of hydrogen-bond donors (Lipinski definition) is 2. The number of benzene rings is 2. The van der Waals surface area contributed by atoms with Crippen molar-refractivity contribution >= 4 is 34.2 Å². The molecule has 0 spiro atoms. The number of nitrogens with two attached hydrogens (primary N) is 1. The fourth-order valence-corrected chi connectivity index (χ4v) is 5.68. The molecule has 0 saturated heterocycles. The molecule has 1 fully saturated rings. The number of pyridine rings is 1. The lowest BCUT2D eigenvalue weighted by atomic mass is 9.90. The van der Waals surface area contributed by atoms with E-state index >= 15 is 0 Å². The van der Waals surface area contributed by atoms with E-state index in [2.05, 4.69) is 34.1 Å². The van der Waals surface area contributed by atoms with E-state index in [1.807, 2.05) is 24.3 Å². The topological polar surface area (TPSA) is 139 Å². The number of hydrogen-bond acceptors (Lipinski definition) is 9. The zero-order chi connectivity index (χ0) is 30.0. The Labute approximate surface area is 244 Å². The third-order valence-corrected chi connectivity index (χ3v) is 7.80. The van der Waals surface area contributed by atoms with E-state index in [4.69, 9.17) is 19.9 Å². The smallest absolute Gasteiger partial charge is 0.337 e. The second-order valence-electron chi connectivity index (χ2n) is 10.7. The highest BCUT2D eigenvalue weighted by molar-refractivity contribution is 6.08. The standard InChI is InChI=1S/C32H35N5O5/c1-17(2)22-13-24-27(14-23(22)25-15-35-32(42-5)37-30(25)40-3)34-16-26(29(33)38)28(24)36-21-11-19(18-8-6-7-9-18)10-20(12-21)31(39)41-4/h10-18H,6-9H2,1-5H3,(H2,33,38)(H,34,36). The highest BCUT2D eigenvalue weighted by atomic mass is 16.5. The van der Waals surface area contributed by atoms with Crippen molar-refractivity contribution < 1.29 is 23.8 Å². The number of ether oxygens (including phenoxy) is 3. The Morgan fingerprint density at radius 3 is 2.36 bits per heavy atom. The number of primary amides is 1. The number of fused-ring (bicyclic) bond motifs is 1. The first-order valence-corrected chi connectivity index (χ1v) is 14.0. The molecule has 1 aliphatic rings. The van der Waals surface area contributed by atoms with Crippen LogP contribution < -0.4 is 20.5 Å². The van der Waals surface area contributed by atoms with Gasteiger partial charge in [-0.15, -0.1) is 0 Å². The average Bonchev–Trinajstić information content (AvgIpc) is 3.55. The lowest BCUT2D eigenvalue weighted by Crippen LogP contribution is -2.14. The molecule has 0 atom stereocenters. The van der Waals surface area contributed by atoms with Crippen molar-refractivity contribution in [2.45, 2.75) is 51.4 Å². The zero-order valence-electron chi connectivity index (χ0n) is 24.5. The van der Waals surface area contributed by atoms with Gasteiger partial charge in [0.05, 0.1) is 49.2 Å². The van der Waals surface area contributed by atoms with E-state index in [0.29, 0.717) is 45.2 Å². The lowest BCUT2D eigenvalue weighted by Gasteiger charge is -2.20. The van der Waals surface area contributed by atoms with Crippen LogP contribution in [0.1, 0.15) is 83.2 Å². The summed E-state index contributed by atoms with van der Waals surface area (Å²) in [6, 6.07) is 9.81. The Kier molecular flexibility index (Phi) is 8.24. The summed E-state index contributed by atoms with van der Waals surface area (Å²) < 4.78 is 15.8. The molecule has 0 bridgehead atoms. The number of methoxy groups -OCH3 is 3. The van der Waals surface area contributed by atoms with Crippen molar-refractivity contribution in [1.29, 1.82) is 0 Å². The van der Waals surface area contributed by atoms with Crippen LogP contribution in [0, 0.1) is 0 Å². The summed E-state index contributed by atoms with van der Waals surface area (Å²) in [5.74, 6) is -0.230. The van der Waals surface area contributed by atoms with Crippen molar-refractivity contribution in [2.75, 3.05) is 26.6 Å². The molecule has 5 rings (SSSR count). The van der Waals surface area contributed by atoms with Crippen LogP contribution in [0.2, 0.25) is 0 Å². The van der Waals surface area contributed by atoms with Crippen LogP contribution in [0.3, 0.4) is 0 Å². The Morgan fingerprint density at radius 2 is 1.71 bits per heavy atom. The number of esters is 1. The van der Waals surface area contributed by atoms with Gasteiger partial charge in [0.2, 0.25) is 5.88 Å². The van der Waals surface area contributed by atoms with Crippen molar-refractivity contribution in [3.05, 3.63) is 65.0 Å². The first kappa shape index (κ1) is 28.8. The van der Waals surface area contributed by atoms with Crippen LogP contribution in [-0.4, -0.2) is 48.2 Å². The van der Waals surface area contributed by atoms with Gasteiger partial charge in [0, 0.05) is 23.5 Å². The van der Waals surface area contributed by atoms with Crippen LogP contribution >= 0.6 is 0 Å². The van der Waals surface area contributed by atoms with Crippen LogP contribution in [0.4, 0.5) is 11.4 Å². The Morgan fingerprint density at radius 1 is 0.952 bits per heavy atom. The fraction of sp³-hybridized carbons (Fsp3) is 0.344. The predicted molar refractivity (Wildman–Crippen MR) is 161 cm³/mol. The minimum Gasteiger partial charge on any atom is -0.480 e. The number of carbonyl (C=O) groups is 2. The molecule has 0 radical (unpaired) electrons. The maximum absolute atomic E-state index is 12.6. The second kappa shape index (κ2) is 12.0. The van der Waals surface area contributed by atoms with E-state index in [-0.39, 0.29) is 17.5 Å². The number of nitrogens with one attached hydrogen (secondary N) is 1. The van der Waals surface area contributed by atoms with E-state index < -0.39 is 11.9 Å². The minimum absolute atomic E-state index is 0.0814. The number of anilines is 2. The largest absolute Gasteiger partial charge is 0.480 e. The highest BCUT2D eigenvalue weighted by Gasteiger charge is 2.23. The van der Waals surface area contributed by atoms with E-state index in [0.717, 1.165) is 42.4 Å². The fourth-order valence-electron chi connectivity index (χ4n) is 5.68. The molecule has 4 aromatic rings. The molecule has 1 saturated carbocycles. The molecule has 2 heterocycles. The molecule has 1 aliphatic carbocycles. The summed E-state index contributed by atoms with van der Waals surface area (Å²) in [6.07, 6.45) is 7.57. The molecular weight excluding hydrogens is 534 g/mol. The van der Waals surface area contributed by atoms with Gasteiger partial charge < -0.3 is 25.3 Å². The molecule has 2 aromatic heterocycles. The van der Waals surface area contributed by atoms with Crippen LogP contribution in [-0.2, 0) is 4.74 Å². The van der Waals surface area contributed by atoms with E-state index in [9.17, 15) is 9.59 Å². The summed E-state index contributed by atoms with van der Waals surface area (Å²) >= 11 is 0. The minimum atomic E-state index is -0.618. The third-order valence-electron chi connectivity index (χ3n) is 7.80. The first-order valence-electron chi connectivity index (χ1n) is 14.0. The van der Waals surface area contributed by atoms with Crippen LogP contribution in [0.15, 0.2) is 42.7 Å². The molecule has 42 heavy (non-hydrogen) atoms. The van der Waals surface area contributed by atoms with Gasteiger partial charge in [-0.05, 0) is 71.7 Å². The maximum atomic E-state index is 12.6. The summed E-state index contributed by atoms with van der Waals surface area (Å²) in [5.41, 5.74) is 11.9. The SMILES string of the molecule is COC(=O)c1cc(Nc2c(C(N)=O)cnc3cc(-c4cnc(OC)nc4OC)c(C(C)C)cc23)cc(C2CCCC2)c1. The maximum Gasteiger partial charge on any atom is 0.337 e. The van der Waals surface area contributed by atoms with Crippen LogP contribution in [0.5, 0.6) is 11.9 Å². The van der Waals surface area contributed by atoms with E-state index in [1.54, 1.807) is 19.4 Å². The molecule has 218 valence electrons. The second-order valence-corrected chi connectivity index (χ2v) is 10.7. The number of rotatable bonds is 9. The van der Waals surface area contributed by atoms with Gasteiger partial charge in [-0.3, -0.25) is 9.78 Å². The third kappa shape index (κ3) is 5.57. The van der Waals surface area contributed by atoms with Gasteiger partial charge in [-0.1, -0.05) is 26.7 Å². The quantitative estimate of drug-likeness (QED) is 0.228. The van der Waals surface area contributed by atoms with Gasteiger partial charge in [-0.2, -0.15) is 4.98 Å². The molecule has 0 aliphatic heterocycles. The Balaban J connectivity index is 1.70.